The van der Waals surface area contributed by atoms with E-state index in [-0.39, 0.29) is 5.97 Å². The summed E-state index contributed by atoms with van der Waals surface area (Å²) in [6.45, 7) is 4.08. The highest BCUT2D eigenvalue weighted by Crippen LogP contribution is 2.24. The van der Waals surface area contributed by atoms with Crippen molar-refractivity contribution < 1.29 is 9.53 Å². The summed E-state index contributed by atoms with van der Waals surface area (Å²) in [5, 5.41) is 0. The highest BCUT2D eigenvalue weighted by Gasteiger charge is 2.08. The fourth-order valence-electron chi connectivity index (χ4n) is 2.31. The molecule has 0 saturated heterocycles. The maximum atomic E-state index is 12.1. The van der Waals surface area contributed by atoms with E-state index >= 15 is 0 Å². The van der Waals surface area contributed by atoms with E-state index in [0.717, 1.165) is 11.3 Å². The van der Waals surface area contributed by atoms with Gasteiger partial charge in [-0.3, -0.25) is 0 Å². The maximum absolute atomic E-state index is 12.1. The second kappa shape index (κ2) is 8.04. The Kier molecular flexibility index (Phi) is 5.56. The van der Waals surface area contributed by atoms with E-state index in [1.165, 1.54) is 16.0 Å². The van der Waals surface area contributed by atoms with E-state index in [0.29, 0.717) is 11.3 Å². The smallest absolute Gasteiger partial charge is 0.343 e. The van der Waals surface area contributed by atoms with Crippen LogP contribution in [0.3, 0.4) is 0 Å². The first-order valence-corrected chi connectivity index (χ1v) is 9.16. The Hall–Kier alpha value is -2.52. The first-order chi connectivity index (χ1) is 12.1. The van der Waals surface area contributed by atoms with Gasteiger partial charge in [0, 0.05) is 10.6 Å². The Morgan fingerprint density at radius 2 is 1.36 bits per heavy atom. The summed E-state index contributed by atoms with van der Waals surface area (Å²) in [6, 6.07) is 23.6. The standard InChI is InChI=1S/C22H20O2S/c1-16-3-9-19(10-4-16)22(23)24-20-11-7-18(8-12-20)15-25-21-13-5-17(2)6-14-21/h3-14H,15H2,1-2H3. The number of benzene rings is 3. The van der Waals surface area contributed by atoms with Gasteiger partial charge in [0.15, 0.2) is 0 Å². The van der Waals surface area contributed by atoms with Gasteiger partial charge >= 0.3 is 5.97 Å². The van der Waals surface area contributed by atoms with Crippen LogP contribution in [-0.4, -0.2) is 5.97 Å². The van der Waals surface area contributed by atoms with Crippen molar-refractivity contribution in [3.63, 3.8) is 0 Å². The zero-order valence-electron chi connectivity index (χ0n) is 14.4. The van der Waals surface area contributed by atoms with Crippen LogP contribution in [0.5, 0.6) is 5.75 Å². The molecule has 0 atom stereocenters. The Morgan fingerprint density at radius 3 is 1.96 bits per heavy atom. The largest absolute Gasteiger partial charge is 0.423 e. The zero-order valence-corrected chi connectivity index (χ0v) is 15.2. The van der Waals surface area contributed by atoms with Crippen LogP contribution in [0.15, 0.2) is 77.7 Å². The van der Waals surface area contributed by atoms with E-state index in [9.17, 15) is 4.79 Å². The maximum Gasteiger partial charge on any atom is 0.343 e. The summed E-state index contributed by atoms with van der Waals surface area (Å²) in [7, 11) is 0. The highest BCUT2D eigenvalue weighted by atomic mass is 32.2. The normalized spacial score (nSPS) is 10.5. The van der Waals surface area contributed by atoms with Crippen LogP contribution in [0.4, 0.5) is 0 Å². The van der Waals surface area contributed by atoms with Crippen molar-refractivity contribution in [1.82, 2.24) is 0 Å². The lowest BCUT2D eigenvalue weighted by Gasteiger charge is -2.06. The third-order valence-corrected chi connectivity index (χ3v) is 4.93. The lowest BCUT2D eigenvalue weighted by atomic mass is 10.1. The minimum atomic E-state index is -0.332. The summed E-state index contributed by atoms with van der Waals surface area (Å²) in [4.78, 5) is 13.4. The second-order valence-corrected chi connectivity index (χ2v) is 7.05. The van der Waals surface area contributed by atoms with Crippen LogP contribution in [0.2, 0.25) is 0 Å². The van der Waals surface area contributed by atoms with Gasteiger partial charge in [-0.05, 0) is 55.8 Å². The van der Waals surface area contributed by atoms with Gasteiger partial charge in [0.25, 0.3) is 0 Å². The molecule has 3 rings (SSSR count). The number of esters is 1. The summed E-state index contributed by atoms with van der Waals surface area (Å²) in [5.74, 6) is 1.12. The van der Waals surface area contributed by atoms with E-state index in [1.807, 2.05) is 43.3 Å². The van der Waals surface area contributed by atoms with E-state index in [1.54, 1.807) is 23.9 Å². The summed E-state index contributed by atoms with van der Waals surface area (Å²) >= 11 is 1.79. The molecule has 0 heterocycles. The third-order valence-electron chi connectivity index (χ3n) is 3.85. The van der Waals surface area contributed by atoms with Crippen molar-refractivity contribution in [2.45, 2.75) is 24.5 Å². The Labute approximate surface area is 152 Å². The van der Waals surface area contributed by atoms with E-state index in [2.05, 4.69) is 31.2 Å². The molecule has 0 bridgehead atoms. The molecule has 3 aromatic rings. The molecule has 3 aromatic carbocycles. The SMILES string of the molecule is Cc1ccc(SCc2ccc(OC(=O)c3ccc(C)cc3)cc2)cc1. The molecule has 0 N–H and O–H groups in total. The van der Waals surface area contributed by atoms with Gasteiger partial charge in [-0.2, -0.15) is 0 Å². The van der Waals surface area contributed by atoms with Crippen molar-refractivity contribution in [1.29, 1.82) is 0 Å². The first kappa shape index (κ1) is 17.3. The molecule has 0 saturated carbocycles. The number of hydrogen-bond donors (Lipinski definition) is 0. The molecule has 0 aliphatic rings. The predicted molar refractivity (Wildman–Crippen MR) is 103 cm³/mol. The molecule has 0 unspecified atom stereocenters. The summed E-state index contributed by atoms with van der Waals surface area (Å²) < 4.78 is 5.43. The van der Waals surface area contributed by atoms with Gasteiger partial charge in [0.05, 0.1) is 5.56 Å². The van der Waals surface area contributed by atoms with Crippen LogP contribution >= 0.6 is 11.8 Å². The number of thioether (sulfide) groups is 1. The third kappa shape index (κ3) is 4.97. The summed E-state index contributed by atoms with van der Waals surface area (Å²) in [5.41, 5.74) is 4.14. The van der Waals surface area contributed by atoms with Crippen molar-refractivity contribution in [2.24, 2.45) is 0 Å². The van der Waals surface area contributed by atoms with Gasteiger partial charge in [0.2, 0.25) is 0 Å². The molecule has 126 valence electrons. The average molecular weight is 348 g/mol. The second-order valence-electron chi connectivity index (χ2n) is 6.00. The van der Waals surface area contributed by atoms with Crippen LogP contribution in [0.1, 0.15) is 27.0 Å². The van der Waals surface area contributed by atoms with Crippen LogP contribution < -0.4 is 4.74 Å². The molecule has 2 nitrogen and oxygen atoms in total. The molecule has 0 amide bonds. The lowest BCUT2D eigenvalue weighted by Crippen LogP contribution is -2.08. The predicted octanol–water partition coefficient (Wildman–Crippen LogP) is 5.81. The Morgan fingerprint density at radius 1 is 0.800 bits per heavy atom. The van der Waals surface area contributed by atoms with Gasteiger partial charge in [-0.15, -0.1) is 11.8 Å². The highest BCUT2D eigenvalue weighted by molar-refractivity contribution is 7.98. The molecule has 0 spiro atoms. The molecule has 0 aliphatic carbocycles. The van der Waals surface area contributed by atoms with Crippen molar-refractivity contribution in [2.75, 3.05) is 0 Å². The molecule has 0 fully saturated rings. The summed E-state index contributed by atoms with van der Waals surface area (Å²) in [6.07, 6.45) is 0. The molecule has 25 heavy (non-hydrogen) atoms. The van der Waals surface area contributed by atoms with E-state index in [4.69, 9.17) is 4.74 Å². The quantitative estimate of drug-likeness (QED) is 0.330. The molecular weight excluding hydrogens is 328 g/mol. The lowest BCUT2D eigenvalue weighted by molar-refractivity contribution is 0.0734. The number of carbonyl (C=O) groups is 1. The number of rotatable bonds is 5. The van der Waals surface area contributed by atoms with Crippen LogP contribution in [-0.2, 0) is 5.75 Å². The average Bonchev–Trinajstić information content (AvgIpc) is 2.63. The zero-order chi connectivity index (χ0) is 17.6. The fraction of sp³-hybridized carbons (Fsp3) is 0.136. The van der Waals surface area contributed by atoms with Crippen LogP contribution in [0.25, 0.3) is 0 Å². The molecule has 0 aromatic heterocycles. The fourth-order valence-corrected chi connectivity index (χ4v) is 3.16. The minimum absolute atomic E-state index is 0.332. The van der Waals surface area contributed by atoms with Crippen molar-refractivity contribution >= 4 is 17.7 Å². The molecule has 0 radical (unpaired) electrons. The van der Waals surface area contributed by atoms with E-state index < -0.39 is 0 Å². The monoisotopic (exact) mass is 348 g/mol. The van der Waals surface area contributed by atoms with Crippen LogP contribution in [0, 0.1) is 13.8 Å². The van der Waals surface area contributed by atoms with Gasteiger partial charge < -0.3 is 4.74 Å². The van der Waals surface area contributed by atoms with Gasteiger partial charge in [0.1, 0.15) is 5.75 Å². The Balaban J connectivity index is 1.57. The molecule has 3 heteroatoms. The molecular formula is C22H20O2S. The topological polar surface area (TPSA) is 26.3 Å². The Bertz CT molecular complexity index is 835. The van der Waals surface area contributed by atoms with Gasteiger partial charge in [-0.1, -0.05) is 47.5 Å². The number of aryl methyl sites for hydroxylation is 2. The number of ether oxygens (including phenoxy) is 1. The van der Waals surface area contributed by atoms with Crippen molar-refractivity contribution in [3.8, 4) is 5.75 Å². The minimum Gasteiger partial charge on any atom is -0.423 e. The number of hydrogen-bond acceptors (Lipinski definition) is 3. The number of carbonyl (C=O) groups excluding carboxylic acids is 1. The van der Waals surface area contributed by atoms with Crippen molar-refractivity contribution in [3.05, 3.63) is 95.1 Å². The first-order valence-electron chi connectivity index (χ1n) is 8.17. The molecule has 0 aliphatic heterocycles. The van der Waals surface area contributed by atoms with Gasteiger partial charge in [-0.25, -0.2) is 4.79 Å².